The zero-order valence-corrected chi connectivity index (χ0v) is 50.1. The predicted octanol–water partition coefficient (Wildman–Crippen LogP) is 9.27. The molecule has 18 nitrogen and oxygen atoms in total. The number of H-pyrrole nitrogens is 3. The molecule has 6 aliphatic heterocycles. The Hall–Kier alpha value is -8.79. The molecule has 6 aliphatic rings. The number of amides is 6. The summed E-state index contributed by atoms with van der Waals surface area (Å²) < 4.78 is 41.0. The van der Waals surface area contributed by atoms with Gasteiger partial charge >= 0.3 is 0 Å². The Bertz CT molecular complexity index is 3390. The van der Waals surface area contributed by atoms with Crippen LogP contribution in [0.1, 0.15) is 137 Å². The maximum absolute atomic E-state index is 13.7. The third-order valence-electron chi connectivity index (χ3n) is 17.0. The first kappa shape index (κ1) is 61.3. The van der Waals surface area contributed by atoms with Crippen molar-refractivity contribution < 1.29 is 41.9 Å². The smallest absolute Gasteiger partial charge is 0.256 e. The van der Waals surface area contributed by atoms with Crippen molar-refractivity contribution in [2.24, 2.45) is 0 Å². The summed E-state index contributed by atoms with van der Waals surface area (Å²) in [6.45, 7) is 22.0. The van der Waals surface area contributed by atoms with E-state index in [1.165, 1.54) is 74.9 Å². The van der Waals surface area contributed by atoms with Gasteiger partial charge in [0.25, 0.3) is 35.4 Å². The molecule has 0 saturated carbocycles. The highest BCUT2D eigenvalue weighted by Gasteiger charge is 2.30. The molecule has 6 amide bonds. The molecule has 3 aromatic heterocycles. The number of fused-ring (bicyclic) bond motifs is 3. The normalized spacial score (nSPS) is 17.6. The fourth-order valence-corrected chi connectivity index (χ4v) is 12.4. The maximum Gasteiger partial charge on any atom is 0.256 e. The van der Waals surface area contributed by atoms with Gasteiger partial charge in [-0.3, -0.25) is 28.8 Å². The van der Waals surface area contributed by atoms with Crippen LogP contribution in [-0.2, 0) is 14.4 Å². The summed E-state index contributed by atoms with van der Waals surface area (Å²) in [5, 5.41) is 17.2. The molecule has 3 aromatic carbocycles. The van der Waals surface area contributed by atoms with Crippen LogP contribution in [0, 0.1) is 59.0 Å². The number of hydrogen-bond donors (Lipinski definition) is 9. The lowest BCUT2D eigenvalue weighted by Crippen LogP contribution is -2.33. The molecule has 9 N–H and O–H groups in total. The van der Waals surface area contributed by atoms with Gasteiger partial charge in [-0.15, -0.1) is 0 Å². The second-order valence-electron chi connectivity index (χ2n) is 23.0. The molecule has 21 heteroatoms. The van der Waals surface area contributed by atoms with Crippen molar-refractivity contribution in [3.8, 4) is 0 Å². The molecule has 0 spiro atoms. The number of rotatable bonds is 15. The van der Waals surface area contributed by atoms with E-state index in [1.807, 2.05) is 41.5 Å². The lowest BCUT2D eigenvalue weighted by molar-refractivity contribution is -0.111. The van der Waals surface area contributed by atoms with Gasteiger partial charge in [-0.2, -0.15) is 0 Å². The molecule has 0 bridgehead atoms. The number of aromatic nitrogens is 3. The average Bonchev–Trinajstić information content (AvgIpc) is 2.20. The number of likely N-dealkylation sites (tertiary alicyclic amines) is 3. The summed E-state index contributed by atoms with van der Waals surface area (Å²) in [6, 6.07) is 12.6. The topological polar surface area (TPSA) is 232 Å². The minimum Gasteiger partial charge on any atom is -0.358 e. The molecule has 3 saturated heterocycles. The van der Waals surface area contributed by atoms with E-state index in [2.05, 4.69) is 61.6 Å². The van der Waals surface area contributed by atoms with Crippen molar-refractivity contribution in [3.05, 3.63) is 156 Å². The molecule has 0 unspecified atom stereocenters. The number of halogens is 3. The number of carbonyl (C=O) groups excluding carboxylic acids is 6. The van der Waals surface area contributed by atoms with Gasteiger partial charge in [0, 0.05) is 107 Å². The Morgan fingerprint density at radius 1 is 0.425 bits per heavy atom. The highest BCUT2D eigenvalue weighted by molar-refractivity contribution is 6.36. The van der Waals surface area contributed by atoms with E-state index in [1.54, 1.807) is 36.4 Å². The molecular weight excluding hydrogens is 1110 g/mol. The van der Waals surface area contributed by atoms with E-state index in [0.717, 1.165) is 92.7 Å². The SMILES string of the molecule is Cc1[nH]c(/C=C2\C(=O)Nc3ccc(F)cc32)c(C)c1C(=O)NCCN1CCCC1.Cc1[nH]c(/C=C2\C(=O)Nc3ccc(F)cc32)c(C)c1C(=O)NCCN1CCCC1.Cc1[nH]c(/C=C2\C(=O)Nc3ccc(F)cc32)c(C)c1C(=O)NCCN1CCCC1. The van der Waals surface area contributed by atoms with Crippen LogP contribution in [0.25, 0.3) is 34.9 Å². The van der Waals surface area contributed by atoms with Gasteiger partial charge in [-0.1, -0.05) is 0 Å². The number of nitrogens with zero attached hydrogens (tertiary/aromatic N) is 3. The summed E-state index contributed by atoms with van der Waals surface area (Å²) >= 11 is 0. The average molecular weight is 1190 g/mol. The lowest BCUT2D eigenvalue weighted by atomic mass is 10.0. The number of carbonyl (C=O) groups is 6. The van der Waals surface area contributed by atoms with Crippen molar-refractivity contribution in [1.29, 1.82) is 0 Å². The Balaban J connectivity index is 0.000000144. The van der Waals surface area contributed by atoms with Crippen LogP contribution in [0.15, 0.2) is 54.6 Å². The van der Waals surface area contributed by atoms with E-state index in [0.29, 0.717) is 104 Å². The first-order valence-electron chi connectivity index (χ1n) is 29.9. The first-order chi connectivity index (χ1) is 41.8. The minimum atomic E-state index is -0.399. The van der Waals surface area contributed by atoms with E-state index >= 15 is 0 Å². The van der Waals surface area contributed by atoms with Crippen LogP contribution in [0.5, 0.6) is 0 Å². The Morgan fingerprint density at radius 2 is 0.678 bits per heavy atom. The monoisotopic (exact) mass is 1190 g/mol. The van der Waals surface area contributed by atoms with Crippen LogP contribution in [0.3, 0.4) is 0 Å². The largest absolute Gasteiger partial charge is 0.358 e. The van der Waals surface area contributed by atoms with Crippen LogP contribution in [0.4, 0.5) is 30.2 Å². The lowest BCUT2D eigenvalue weighted by Gasteiger charge is -2.14. The van der Waals surface area contributed by atoms with E-state index in [-0.39, 0.29) is 35.4 Å². The molecular formula is C66H75F3N12O6. The van der Waals surface area contributed by atoms with Gasteiger partial charge in [0.1, 0.15) is 17.5 Å². The fourth-order valence-electron chi connectivity index (χ4n) is 12.4. The molecule has 87 heavy (non-hydrogen) atoms. The van der Waals surface area contributed by atoms with Gasteiger partial charge < -0.3 is 61.6 Å². The van der Waals surface area contributed by atoms with Gasteiger partial charge in [0.2, 0.25) is 0 Å². The molecule has 0 radical (unpaired) electrons. The molecule has 6 aromatic rings. The summed E-state index contributed by atoms with van der Waals surface area (Å²) in [5.41, 5.74) is 12.8. The summed E-state index contributed by atoms with van der Waals surface area (Å²) in [5.74, 6) is -2.42. The van der Waals surface area contributed by atoms with Gasteiger partial charge in [0.05, 0.1) is 33.4 Å². The molecule has 456 valence electrons. The Labute approximate surface area is 503 Å². The quantitative estimate of drug-likeness (QED) is 0.0446. The number of benzene rings is 3. The van der Waals surface area contributed by atoms with E-state index < -0.39 is 17.5 Å². The Morgan fingerprint density at radius 3 is 0.931 bits per heavy atom. The number of nitrogens with one attached hydrogen (secondary N) is 9. The summed E-state index contributed by atoms with van der Waals surface area (Å²) in [4.78, 5) is 91.8. The van der Waals surface area contributed by atoms with E-state index in [4.69, 9.17) is 0 Å². The predicted molar refractivity (Wildman–Crippen MR) is 334 cm³/mol. The van der Waals surface area contributed by atoms with Crippen LogP contribution in [-0.4, -0.2) is 144 Å². The van der Waals surface area contributed by atoms with E-state index in [9.17, 15) is 41.9 Å². The van der Waals surface area contributed by atoms with Gasteiger partial charge in [0.15, 0.2) is 0 Å². The summed E-state index contributed by atoms with van der Waals surface area (Å²) in [6.07, 6.45) is 12.4. The van der Waals surface area contributed by atoms with Crippen LogP contribution in [0.2, 0.25) is 0 Å². The van der Waals surface area contributed by atoms with Gasteiger partial charge in [-0.25, -0.2) is 13.2 Å². The maximum atomic E-state index is 13.7. The third-order valence-corrected chi connectivity index (χ3v) is 17.0. The molecule has 9 heterocycles. The summed E-state index contributed by atoms with van der Waals surface area (Å²) in [7, 11) is 0. The zero-order chi connectivity index (χ0) is 61.6. The standard InChI is InChI=1S/3C22H25FN4O2/c3*1-13-19(12-17-16-11-15(23)5-6-18(16)26-21(17)28)25-14(2)20(13)22(29)24-7-10-27-8-3-4-9-27/h3*5-6,11-12,25H,3-4,7-10H2,1-2H3,(H,24,29)(H,26,28)/b3*17-12-. The number of anilines is 3. The first-order valence-corrected chi connectivity index (χ1v) is 29.9. The Kier molecular flexibility index (Phi) is 18.9. The van der Waals surface area contributed by atoms with Crippen molar-refractivity contribution >= 4 is 87.5 Å². The number of aromatic amines is 3. The second kappa shape index (κ2) is 26.9. The highest BCUT2D eigenvalue weighted by atomic mass is 19.1. The zero-order valence-electron chi connectivity index (χ0n) is 50.1. The molecule has 3 fully saturated rings. The molecule has 0 atom stereocenters. The minimum absolute atomic E-state index is 0.123. The van der Waals surface area contributed by atoms with Gasteiger partial charge in [-0.05, 0) is 209 Å². The number of aryl methyl sites for hydroxylation is 3. The molecule has 12 rings (SSSR count). The fraction of sp³-hybridized carbons (Fsp3) is 0.364. The second-order valence-corrected chi connectivity index (χ2v) is 23.0. The van der Waals surface area contributed by atoms with Crippen molar-refractivity contribution in [3.63, 3.8) is 0 Å². The third kappa shape index (κ3) is 13.9. The van der Waals surface area contributed by atoms with Crippen LogP contribution >= 0.6 is 0 Å². The molecule has 0 aliphatic carbocycles. The highest BCUT2D eigenvalue weighted by Crippen LogP contribution is 2.37. The van der Waals surface area contributed by atoms with Crippen molar-refractivity contribution in [2.45, 2.75) is 80.1 Å². The van der Waals surface area contributed by atoms with Crippen molar-refractivity contribution in [2.75, 3.05) is 94.5 Å². The van der Waals surface area contributed by atoms with Crippen LogP contribution < -0.4 is 31.9 Å². The van der Waals surface area contributed by atoms with Crippen molar-refractivity contribution in [1.82, 2.24) is 45.6 Å². The number of hydrogen-bond acceptors (Lipinski definition) is 9.